The SMILES string of the molecule is C=Cc1cccc2cccc(NC(=O)c3nc(OCC4CCCN4C)nc(N4CCN(C(=O)O)C(CC#N)C4)c3N)c12. The minimum absolute atomic E-state index is 0.00518. The molecule has 12 nitrogen and oxygen atoms in total. The van der Waals surface area contributed by atoms with Crippen LogP contribution in [0.1, 0.15) is 35.3 Å². The summed E-state index contributed by atoms with van der Waals surface area (Å²) in [6, 6.07) is 13.1. The van der Waals surface area contributed by atoms with Gasteiger partial charge < -0.3 is 35.6 Å². The number of fused-ring (bicyclic) bond motifs is 1. The summed E-state index contributed by atoms with van der Waals surface area (Å²) in [4.78, 5) is 39.8. The standard InChI is InChI=1S/C30H34N8O4/c1-3-19-7-4-8-20-9-5-11-23(24(19)20)33-28(39)26-25(32)27(35-29(34-26)42-18-22-10-6-14-36(22)2)37-15-16-38(30(40)41)21(17-37)12-13-31/h3-5,7-9,11,21-22H,1,6,10,12,14-18,32H2,2H3,(H,33,39)(H,40,41). The van der Waals surface area contributed by atoms with Gasteiger partial charge in [0.05, 0.1) is 18.5 Å². The third kappa shape index (κ3) is 5.77. The van der Waals surface area contributed by atoms with Gasteiger partial charge in [0.2, 0.25) is 0 Å². The van der Waals surface area contributed by atoms with Gasteiger partial charge >= 0.3 is 12.1 Å². The second kappa shape index (κ2) is 12.3. The van der Waals surface area contributed by atoms with E-state index in [1.807, 2.05) is 37.4 Å². The van der Waals surface area contributed by atoms with E-state index in [4.69, 9.17) is 10.5 Å². The molecule has 0 aliphatic carbocycles. The highest BCUT2D eigenvalue weighted by atomic mass is 16.5. The van der Waals surface area contributed by atoms with Crippen LogP contribution >= 0.6 is 0 Å². The molecule has 218 valence electrons. The molecule has 0 radical (unpaired) electrons. The number of carboxylic acid groups (broad SMARTS) is 1. The predicted molar refractivity (Wildman–Crippen MR) is 161 cm³/mol. The van der Waals surface area contributed by atoms with Crippen molar-refractivity contribution in [2.75, 3.05) is 55.8 Å². The second-order valence-electron chi connectivity index (χ2n) is 10.5. The molecule has 2 amide bonds. The minimum atomic E-state index is -1.09. The summed E-state index contributed by atoms with van der Waals surface area (Å²) in [5.41, 5.74) is 7.99. The number of carbonyl (C=O) groups excluding carboxylic acids is 1. The number of nitrogens with two attached hydrogens (primary N) is 1. The van der Waals surface area contributed by atoms with Gasteiger partial charge in [-0.15, -0.1) is 0 Å². The number of nitrogen functional groups attached to an aromatic ring is 1. The number of amides is 2. The number of nitrogens with zero attached hydrogens (tertiary/aromatic N) is 6. The Kier molecular flexibility index (Phi) is 8.40. The van der Waals surface area contributed by atoms with Crippen LogP contribution in [0.25, 0.3) is 16.8 Å². The van der Waals surface area contributed by atoms with Gasteiger partial charge in [0.15, 0.2) is 11.5 Å². The number of benzene rings is 2. The number of hydrogen-bond acceptors (Lipinski definition) is 9. The number of ether oxygens (including phenoxy) is 1. The van der Waals surface area contributed by atoms with Crippen molar-refractivity contribution in [1.82, 2.24) is 19.8 Å². The van der Waals surface area contributed by atoms with Crippen LogP contribution in [0.4, 0.5) is 22.0 Å². The van der Waals surface area contributed by atoms with E-state index in [2.05, 4.69) is 32.8 Å². The summed E-state index contributed by atoms with van der Waals surface area (Å²) in [7, 11) is 2.04. The molecule has 2 aliphatic rings. The van der Waals surface area contributed by atoms with Gasteiger partial charge in [0.25, 0.3) is 5.91 Å². The summed E-state index contributed by atoms with van der Waals surface area (Å²) in [6.45, 7) is 5.82. The van der Waals surface area contributed by atoms with Crippen molar-refractivity contribution >= 4 is 46.0 Å². The van der Waals surface area contributed by atoms with E-state index < -0.39 is 18.0 Å². The molecule has 3 heterocycles. The molecule has 1 aromatic heterocycles. The summed E-state index contributed by atoms with van der Waals surface area (Å²) >= 11 is 0. The molecule has 12 heteroatoms. The van der Waals surface area contributed by atoms with Crippen LogP contribution in [-0.4, -0.2) is 88.8 Å². The predicted octanol–water partition coefficient (Wildman–Crippen LogP) is 3.66. The Labute approximate surface area is 244 Å². The van der Waals surface area contributed by atoms with Crippen molar-refractivity contribution < 1.29 is 19.4 Å². The Hall–Kier alpha value is -4.89. The van der Waals surface area contributed by atoms with Crippen LogP contribution in [-0.2, 0) is 0 Å². The molecule has 2 aliphatic heterocycles. The van der Waals surface area contributed by atoms with Crippen molar-refractivity contribution in [2.24, 2.45) is 0 Å². The maximum atomic E-state index is 13.8. The van der Waals surface area contributed by atoms with Gasteiger partial charge in [-0.1, -0.05) is 43.0 Å². The normalized spacial score (nSPS) is 19.0. The lowest BCUT2D eigenvalue weighted by atomic mass is 10.0. The zero-order valence-corrected chi connectivity index (χ0v) is 23.5. The lowest BCUT2D eigenvalue weighted by Gasteiger charge is -2.40. The number of hydrogen-bond donors (Lipinski definition) is 3. The number of likely N-dealkylation sites (tertiary alicyclic amines) is 1. The number of rotatable bonds is 8. The smallest absolute Gasteiger partial charge is 0.407 e. The molecule has 2 atom stereocenters. The van der Waals surface area contributed by atoms with Crippen molar-refractivity contribution in [3.8, 4) is 12.1 Å². The van der Waals surface area contributed by atoms with Gasteiger partial charge in [-0.05, 0) is 43.5 Å². The Morgan fingerprint density at radius 1 is 1.21 bits per heavy atom. The number of nitriles is 1. The molecule has 2 saturated heterocycles. The molecule has 4 N–H and O–H groups in total. The number of aromatic nitrogens is 2. The summed E-state index contributed by atoms with van der Waals surface area (Å²) < 4.78 is 6.03. The Balaban J connectivity index is 1.50. The van der Waals surface area contributed by atoms with E-state index in [-0.39, 0.29) is 55.3 Å². The third-order valence-electron chi connectivity index (χ3n) is 7.96. The minimum Gasteiger partial charge on any atom is -0.465 e. The molecule has 0 spiro atoms. The van der Waals surface area contributed by atoms with E-state index in [9.17, 15) is 20.0 Å². The highest BCUT2D eigenvalue weighted by molar-refractivity contribution is 6.12. The topological polar surface area (TPSA) is 161 Å². The molecule has 2 unspecified atom stereocenters. The fraction of sp³-hybridized carbons (Fsp3) is 0.367. The molecule has 42 heavy (non-hydrogen) atoms. The van der Waals surface area contributed by atoms with Crippen LogP contribution in [0.5, 0.6) is 6.01 Å². The van der Waals surface area contributed by atoms with E-state index >= 15 is 0 Å². The van der Waals surface area contributed by atoms with Gasteiger partial charge in [0.1, 0.15) is 12.3 Å². The van der Waals surface area contributed by atoms with Gasteiger partial charge in [0, 0.05) is 36.7 Å². The van der Waals surface area contributed by atoms with Crippen molar-refractivity contribution in [3.05, 3.63) is 54.2 Å². The molecule has 5 rings (SSSR count). The highest BCUT2D eigenvalue weighted by Crippen LogP contribution is 2.32. The van der Waals surface area contributed by atoms with Crippen LogP contribution in [0, 0.1) is 11.3 Å². The number of likely N-dealkylation sites (N-methyl/N-ethyl adjacent to an activating group) is 1. The first kappa shape index (κ1) is 28.6. The maximum Gasteiger partial charge on any atom is 0.407 e. The molecule has 0 bridgehead atoms. The zero-order valence-electron chi connectivity index (χ0n) is 23.5. The third-order valence-corrected chi connectivity index (χ3v) is 7.96. The van der Waals surface area contributed by atoms with Gasteiger partial charge in [-0.3, -0.25) is 4.79 Å². The molecular weight excluding hydrogens is 536 g/mol. The fourth-order valence-corrected chi connectivity index (χ4v) is 5.68. The first-order chi connectivity index (χ1) is 20.3. The van der Waals surface area contributed by atoms with Crippen LogP contribution < -0.4 is 20.7 Å². The Bertz CT molecular complexity index is 1550. The maximum absolute atomic E-state index is 13.8. The number of anilines is 3. The van der Waals surface area contributed by atoms with Gasteiger partial charge in [-0.2, -0.15) is 15.2 Å². The Morgan fingerprint density at radius 2 is 2.00 bits per heavy atom. The average Bonchev–Trinajstić information content (AvgIpc) is 3.40. The molecule has 3 aromatic rings. The van der Waals surface area contributed by atoms with Crippen molar-refractivity contribution in [2.45, 2.75) is 31.3 Å². The lowest BCUT2D eigenvalue weighted by molar-refractivity contribution is 0.102. The van der Waals surface area contributed by atoms with E-state index in [0.717, 1.165) is 35.7 Å². The fourth-order valence-electron chi connectivity index (χ4n) is 5.68. The number of nitrogens with one attached hydrogen (secondary N) is 1. The lowest BCUT2D eigenvalue weighted by Crippen LogP contribution is -2.55. The second-order valence-corrected chi connectivity index (χ2v) is 10.5. The number of carbonyl (C=O) groups is 2. The summed E-state index contributed by atoms with van der Waals surface area (Å²) in [6.07, 6.45) is 2.69. The van der Waals surface area contributed by atoms with E-state index in [1.165, 1.54) is 4.90 Å². The molecule has 2 fully saturated rings. The highest BCUT2D eigenvalue weighted by Gasteiger charge is 2.33. The van der Waals surface area contributed by atoms with Crippen LogP contribution in [0.3, 0.4) is 0 Å². The van der Waals surface area contributed by atoms with Crippen molar-refractivity contribution in [3.63, 3.8) is 0 Å². The quantitative estimate of drug-likeness (QED) is 0.364. The van der Waals surface area contributed by atoms with Crippen LogP contribution in [0.2, 0.25) is 0 Å². The first-order valence-electron chi connectivity index (χ1n) is 13.9. The summed E-state index contributed by atoms with van der Waals surface area (Å²) in [5, 5.41) is 23.7. The summed E-state index contributed by atoms with van der Waals surface area (Å²) in [5.74, 6) is -0.272. The first-order valence-corrected chi connectivity index (χ1v) is 13.9. The Morgan fingerprint density at radius 3 is 2.69 bits per heavy atom. The average molecular weight is 571 g/mol. The van der Waals surface area contributed by atoms with E-state index in [1.54, 1.807) is 17.0 Å². The molecule has 0 saturated carbocycles. The van der Waals surface area contributed by atoms with Crippen LogP contribution in [0.15, 0.2) is 43.0 Å². The van der Waals surface area contributed by atoms with Gasteiger partial charge in [-0.25, -0.2) is 4.79 Å². The van der Waals surface area contributed by atoms with Crippen molar-refractivity contribution in [1.29, 1.82) is 5.26 Å². The molecular formula is C30H34N8O4. The van der Waals surface area contributed by atoms with E-state index in [0.29, 0.717) is 12.3 Å². The largest absolute Gasteiger partial charge is 0.465 e. The molecule has 2 aromatic carbocycles. The zero-order chi connectivity index (χ0) is 29.8. The monoisotopic (exact) mass is 570 g/mol. The number of piperazine rings is 1.